The zero-order valence-corrected chi connectivity index (χ0v) is 18.1. The number of hydrogen-bond acceptors (Lipinski definition) is 6. The number of carbonyl (C=O) groups is 1. The summed E-state index contributed by atoms with van der Waals surface area (Å²) in [6.07, 6.45) is 4.10. The number of rotatable bonds is 4. The summed E-state index contributed by atoms with van der Waals surface area (Å²) in [6, 6.07) is 14.3. The van der Waals surface area contributed by atoms with E-state index in [1.165, 1.54) is 18.6 Å². The van der Waals surface area contributed by atoms with Gasteiger partial charge >= 0.3 is 0 Å². The molecule has 0 unspecified atom stereocenters. The lowest BCUT2D eigenvalue weighted by Gasteiger charge is -2.31. The Morgan fingerprint density at radius 2 is 1.59 bits per heavy atom. The van der Waals surface area contributed by atoms with Crippen LogP contribution in [0.2, 0.25) is 0 Å². The van der Waals surface area contributed by atoms with Crippen molar-refractivity contribution in [3.63, 3.8) is 0 Å². The third-order valence-corrected chi connectivity index (χ3v) is 6.26. The summed E-state index contributed by atoms with van der Waals surface area (Å²) in [5.41, 5.74) is 2.82. The van der Waals surface area contributed by atoms with E-state index in [2.05, 4.69) is 15.9 Å². The fourth-order valence-electron chi connectivity index (χ4n) is 4.52. The molecule has 2 fully saturated rings. The molecule has 0 aromatic heterocycles. The van der Waals surface area contributed by atoms with Crippen LogP contribution in [0.1, 0.15) is 41.6 Å². The molecule has 2 aromatic rings. The van der Waals surface area contributed by atoms with Gasteiger partial charge in [0.1, 0.15) is 0 Å². The first kappa shape index (κ1) is 21.6. The molecule has 2 aliphatic rings. The minimum Gasteiger partial charge on any atom is -0.371 e. The van der Waals surface area contributed by atoms with E-state index in [1.807, 2.05) is 17.0 Å². The molecule has 2 saturated heterocycles. The Morgan fingerprint density at radius 1 is 0.875 bits per heavy atom. The van der Waals surface area contributed by atoms with E-state index in [4.69, 9.17) is 5.26 Å². The molecule has 0 aliphatic carbocycles. The standard InChI is InChI=1S/C24H27N5O3/c25-18-19-5-7-20(8-6-19)26-13-4-14-28(16-15-26)24(30)22-17-21(29(31)32)9-10-23(22)27-11-2-1-3-12-27/h5-10,17H,1-4,11-16H2. The van der Waals surface area contributed by atoms with Gasteiger partial charge in [-0.3, -0.25) is 14.9 Å². The topological polar surface area (TPSA) is 93.7 Å². The van der Waals surface area contributed by atoms with Gasteiger partial charge < -0.3 is 14.7 Å². The first-order chi connectivity index (χ1) is 15.6. The number of nitriles is 1. The van der Waals surface area contributed by atoms with Crippen LogP contribution in [-0.2, 0) is 0 Å². The van der Waals surface area contributed by atoms with Crippen LogP contribution in [0.4, 0.5) is 17.1 Å². The van der Waals surface area contributed by atoms with Crippen molar-refractivity contribution in [3.05, 3.63) is 63.7 Å². The Labute approximate surface area is 187 Å². The Morgan fingerprint density at radius 3 is 2.28 bits per heavy atom. The maximum Gasteiger partial charge on any atom is 0.270 e. The number of benzene rings is 2. The fraction of sp³-hybridized carbons (Fsp3) is 0.417. The summed E-state index contributed by atoms with van der Waals surface area (Å²) >= 11 is 0. The van der Waals surface area contributed by atoms with Gasteiger partial charge in [-0.15, -0.1) is 0 Å². The highest BCUT2D eigenvalue weighted by atomic mass is 16.6. The number of carbonyl (C=O) groups excluding carboxylic acids is 1. The molecule has 2 aliphatic heterocycles. The van der Waals surface area contributed by atoms with E-state index in [1.54, 1.807) is 18.2 Å². The second-order valence-corrected chi connectivity index (χ2v) is 8.30. The van der Waals surface area contributed by atoms with Gasteiger partial charge in [0.05, 0.1) is 27.8 Å². The Kier molecular flexibility index (Phi) is 6.55. The van der Waals surface area contributed by atoms with Gasteiger partial charge in [0.15, 0.2) is 0 Å². The van der Waals surface area contributed by atoms with E-state index in [0.29, 0.717) is 30.8 Å². The van der Waals surface area contributed by atoms with Crippen molar-refractivity contribution < 1.29 is 9.72 Å². The van der Waals surface area contributed by atoms with Gasteiger partial charge in [-0.1, -0.05) is 0 Å². The highest BCUT2D eigenvalue weighted by molar-refractivity contribution is 6.00. The molecule has 4 rings (SSSR count). The van der Waals surface area contributed by atoms with Crippen molar-refractivity contribution >= 4 is 23.0 Å². The van der Waals surface area contributed by atoms with Gasteiger partial charge in [0.25, 0.3) is 11.6 Å². The smallest absolute Gasteiger partial charge is 0.270 e. The second kappa shape index (κ2) is 9.69. The summed E-state index contributed by atoms with van der Waals surface area (Å²) in [7, 11) is 0. The summed E-state index contributed by atoms with van der Waals surface area (Å²) in [4.78, 5) is 30.7. The quantitative estimate of drug-likeness (QED) is 0.538. The largest absolute Gasteiger partial charge is 0.371 e. The molecule has 2 aromatic carbocycles. The number of nitrogens with zero attached hydrogens (tertiary/aromatic N) is 5. The van der Waals surface area contributed by atoms with Crippen LogP contribution in [0.15, 0.2) is 42.5 Å². The molecule has 0 atom stereocenters. The zero-order valence-electron chi connectivity index (χ0n) is 18.1. The zero-order chi connectivity index (χ0) is 22.5. The van der Waals surface area contributed by atoms with Crippen LogP contribution in [0.5, 0.6) is 0 Å². The highest BCUT2D eigenvalue weighted by Crippen LogP contribution is 2.29. The molecule has 0 bridgehead atoms. The number of hydrogen-bond donors (Lipinski definition) is 0. The van der Waals surface area contributed by atoms with E-state index in [9.17, 15) is 14.9 Å². The predicted molar refractivity (Wildman–Crippen MR) is 123 cm³/mol. The van der Waals surface area contributed by atoms with Crippen molar-refractivity contribution in [2.45, 2.75) is 25.7 Å². The monoisotopic (exact) mass is 433 g/mol. The summed E-state index contributed by atoms with van der Waals surface area (Å²) < 4.78 is 0. The lowest BCUT2D eigenvalue weighted by atomic mass is 10.1. The van der Waals surface area contributed by atoms with Crippen LogP contribution in [0.3, 0.4) is 0 Å². The molecule has 0 saturated carbocycles. The first-order valence-electron chi connectivity index (χ1n) is 11.1. The Bertz CT molecular complexity index is 1020. The molecule has 0 N–H and O–H groups in total. The van der Waals surface area contributed by atoms with Crippen LogP contribution in [0, 0.1) is 21.4 Å². The van der Waals surface area contributed by atoms with E-state index in [-0.39, 0.29) is 11.6 Å². The normalized spacial score (nSPS) is 16.9. The summed E-state index contributed by atoms with van der Waals surface area (Å²) in [5.74, 6) is -0.143. The molecular weight excluding hydrogens is 406 g/mol. The predicted octanol–water partition coefficient (Wildman–Crippen LogP) is 3.81. The van der Waals surface area contributed by atoms with Crippen molar-refractivity contribution in [2.75, 3.05) is 49.1 Å². The van der Waals surface area contributed by atoms with E-state index in [0.717, 1.165) is 50.3 Å². The van der Waals surface area contributed by atoms with Gasteiger partial charge in [0.2, 0.25) is 0 Å². The number of non-ortho nitro benzene ring substituents is 1. The molecule has 166 valence electrons. The lowest BCUT2D eigenvalue weighted by Crippen LogP contribution is -2.37. The van der Waals surface area contributed by atoms with Crippen LogP contribution in [0.25, 0.3) is 0 Å². The third kappa shape index (κ3) is 4.67. The third-order valence-electron chi connectivity index (χ3n) is 6.26. The number of nitro groups is 1. The SMILES string of the molecule is N#Cc1ccc(N2CCCN(C(=O)c3cc([N+](=O)[O-])ccc3N3CCCCC3)CC2)cc1. The number of anilines is 2. The van der Waals surface area contributed by atoms with Gasteiger partial charge in [0, 0.05) is 57.1 Å². The molecule has 1 amide bonds. The highest BCUT2D eigenvalue weighted by Gasteiger charge is 2.27. The van der Waals surface area contributed by atoms with Crippen molar-refractivity contribution in [2.24, 2.45) is 0 Å². The maximum absolute atomic E-state index is 13.5. The van der Waals surface area contributed by atoms with Crippen molar-refractivity contribution in [3.8, 4) is 6.07 Å². The fourth-order valence-corrected chi connectivity index (χ4v) is 4.52. The molecular formula is C24H27N5O3. The van der Waals surface area contributed by atoms with Crippen LogP contribution >= 0.6 is 0 Å². The number of nitro benzene ring substituents is 1. The van der Waals surface area contributed by atoms with Gasteiger partial charge in [-0.2, -0.15) is 5.26 Å². The maximum atomic E-state index is 13.5. The van der Waals surface area contributed by atoms with Crippen LogP contribution in [-0.4, -0.2) is 55.0 Å². The first-order valence-corrected chi connectivity index (χ1v) is 11.1. The van der Waals surface area contributed by atoms with Crippen molar-refractivity contribution in [1.29, 1.82) is 5.26 Å². The molecule has 8 heteroatoms. The van der Waals surface area contributed by atoms with Crippen molar-refractivity contribution in [1.82, 2.24) is 4.90 Å². The minimum absolute atomic E-state index is 0.0526. The number of amides is 1. The summed E-state index contributed by atoms with van der Waals surface area (Å²) in [6.45, 7) is 4.36. The van der Waals surface area contributed by atoms with Gasteiger partial charge in [-0.25, -0.2) is 0 Å². The molecule has 8 nitrogen and oxygen atoms in total. The van der Waals surface area contributed by atoms with Gasteiger partial charge in [-0.05, 0) is 56.0 Å². The Balaban J connectivity index is 1.54. The summed E-state index contributed by atoms with van der Waals surface area (Å²) in [5, 5.41) is 20.4. The van der Waals surface area contributed by atoms with E-state index >= 15 is 0 Å². The molecule has 2 heterocycles. The average molecular weight is 434 g/mol. The second-order valence-electron chi connectivity index (χ2n) is 8.30. The molecule has 0 spiro atoms. The minimum atomic E-state index is -0.439. The van der Waals surface area contributed by atoms with E-state index < -0.39 is 4.92 Å². The lowest BCUT2D eigenvalue weighted by molar-refractivity contribution is -0.384. The molecule has 32 heavy (non-hydrogen) atoms. The van der Waals surface area contributed by atoms with Crippen LogP contribution < -0.4 is 9.80 Å². The molecule has 0 radical (unpaired) electrons. The average Bonchev–Trinajstić information content (AvgIpc) is 3.10. The number of piperidine rings is 1. The Hall–Kier alpha value is -3.60.